The van der Waals surface area contributed by atoms with Gasteiger partial charge in [-0.15, -0.1) is 0 Å². The standard InChI is InChI=1S/C35H47N5O3/c1-22(28-21-37-30-11-7-5-9-26(28)30)31(38-32(41)23-12-14-24(36)15-13-23)34(43)40-18-16-35(17-19-40)20-27(33(42)39(2)3)25-8-4-6-10-29(25)35/h4-11,21-24,27,31,34,37,43H,12-20,36H2,1-3H3,(H,38,41)/t22-,23?,24?,27-,31-,34?/m1/s1. The summed E-state index contributed by atoms with van der Waals surface area (Å²) in [7, 11) is 3.67. The van der Waals surface area contributed by atoms with Crippen molar-refractivity contribution in [2.75, 3.05) is 27.2 Å². The van der Waals surface area contributed by atoms with Gasteiger partial charge in [0.1, 0.15) is 6.23 Å². The number of likely N-dealkylation sites (tertiary alicyclic amines) is 1. The number of para-hydroxylation sites is 1. The average Bonchev–Trinajstić information content (AvgIpc) is 3.59. The summed E-state index contributed by atoms with van der Waals surface area (Å²) in [6.07, 6.45) is 7.00. The average molecular weight is 586 g/mol. The number of hydrogen-bond donors (Lipinski definition) is 4. The Hall–Kier alpha value is -3.20. The maximum atomic E-state index is 13.6. The molecule has 3 aliphatic rings. The molecule has 1 aromatic heterocycles. The van der Waals surface area contributed by atoms with Crippen LogP contribution < -0.4 is 11.1 Å². The van der Waals surface area contributed by atoms with Crippen molar-refractivity contribution in [3.63, 3.8) is 0 Å². The van der Waals surface area contributed by atoms with Gasteiger partial charge >= 0.3 is 0 Å². The van der Waals surface area contributed by atoms with E-state index in [9.17, 15) is 14.7 Å². The SMILES string of the molecule is C[C@H](c1c[nH]c2ccccc12)[C@@H](NC(=O)C1CCC(N)CC1)C(O)N1CCC2(CC1)C[C@@H](C(=O)N(C)C)c1ccccc12. The third-order valence-corrected chi connectivity index (χ3v) is 10.8. The minimum Gasteiger partial charge on any atom is -0.376 e. The van der Waals surface area contributed by atoms with Gasteiger partial charge in [0, 0.05) is 62.2 Å². The van der Waals surface area contributed by atoms with Gasteiger partial charge in [0.25, 0.3) is 0 Å². The van der Waals surface area contributed by atoms with E-state index in [2.05, 4.69) is 52.5 Å². The monoisotopic (exact) mass is 585 g/mol. The molecule has 2 amide bonds. The fraction of sp³-hybridized carbons (Fsp3) is 0.543. The lowest BCUT2D eigenvalue weighted by molar-refractivity contribution is -0.130. The topological polar surface area (TPSA) is 115 Å². The third kappa shape index (κ3) is 5.61. The minimum atomic E-state index is -0.841. The van der Waals surface area contributed by atoms with Crippen LogP contribution in [0.2, 0.25) is 0 Å². The molecule has 0 radical (unpaired) electrons. The van der Waals surface area contributed by atoms with Crippen molar-refractivity contribution in [2.45, 2.75) is 87.4 Å². The second-order valence-corrected chi connectivity index (χ2v) is 13.5. The van der Waals surface area contributed by atoms with Crippen molar-refractivity contribution in [2.24, 2.45) is 11.7 Å². The molecule has 1 spiro atoms. The van der Waals surface area contributed by atoms with Crippen LogP contribution in [0.15, 0.2) is 54.7 Å². The molecule has 230 valence electrons. The number of aliphatic hydroxyl groups is 1. The zero-order valence-electron chi connectivity index (χ0n) is 25.8. The van der Waals surface area contributed by atoms with Crippen molar-refractivity contribution in [3.05, 3.63) is 71.4 Å². The Kier molecular flexibility index (Phi) is 8.37. The van der Waals surface area contributed by atoms with Crippen LogP contribution in [-0.2, 0) is 15.0 Å². The molecule has 2 aromatic carbocycles. The maximum absolute atomic E-state index is 13.6. The van der Waals surface area contributed by atoms with E-state index >= 15 is 0 Å². The van der Waals surface area contributed by atoms with Gasteiger partial charge in [0.05, 0.1) is 12.0 Å². The molecule has 4 atom stereocenters. The Morgan fingerprint density at radius 3 is 2.44 bits per heavy atom. The van der Waals surface area contributed by atoms with Crippen LogP contribution in [0.3, 0.4) is 0 Å². The number of H-pyrrole nitrogens is 1. The maximum Gasteiger partial charge on any atom is 0.229 e. The number of fused-ring (bicyclic) bond motifs is 3. The van der Waals surface area contributed by atoms with Gasteiger partial charge in [0.2, 0.25) is 11.8 Å². The minimum absolute atomic E-state index is 0.0193. The van der Waals surface area contributed by atoms with Crippen LogP contribution >= 0.6 is 0 Å². The molecule has 6 rings (SSSR count). The third-order valence-electron chi connectivity index (χ3n) is 10.8. The lowest BCUT2D eigenvalue weighted by atomic mass is 9.73. The number of nitrogens with zero attached hydrogens (tertiary/aromatic N) is 2. The van der Waals surface area contributed by atoms with E-state index < -0.39 is 12.3 Å². The fourth-order valence-electron chi connectivity index (χ4n) is 8.13. The van der Waals surface area contributed by atoms with Crippen molar-refractivity contribution < 1.29 is 14.7 Å². The largest absolute Gasteiger partial charge is 0.376 e. The van der Waals surface area contributed by atoms with Gasteiger partial charge in [-0.1, -0.05) is 49.4 Å². The summed E-state index contributed by atoms with van der Waals surface area (Å²) in [5.41, 5.74) is 10.6. The van der Waals surface area contributed by atoms with Crippen molar-refractivity contribution in [1.82, 2.24) is 20.1 Å². The Labute approximate surface area is 255 Å². The van der Waals surface area contributed by atoms with E-state index in [0.717, 1.165) is 67.0 Å². The van der Waals surface area contributed by atoms with Crippen LogP contribution in [0, 0.1) is 5.92 Å². The number of hydrogen-bond acceptors (Lipinski definition) is 5. The van der Waals surface area contributed by atoms with Gasteiger partial charge in [-0.2, -0.15) is 0 Å². The van der Waals surface area contributed by atoms with Crippen LogP contribution in [0.5, 0.6) is 0 Å². The number of carbonyl (C=O) groups excluding carboxylic acids is 2. The summed E-state index contributed by atoms with van der Waals surface area (Å²) in [5, 5.41) is 16.5. The van der Waals surface area contributed by atoms with Crippen LogP contribution in [0.25, 0.3) is 10.9 Å². The number of piperidine rings is 1. The lowest BCUT2D eigenvalue weighted by Crippen LogP contribution is -2.57. The highest BCUT2D eigenvalue weighted by Crippen LogP contribution is 2.52. The summed E-state index contributed by atoms with van der Waals surface area (Å²) in [6.45, 7) is 3.50. The van der Waals surface area contributed by atoms with E-state index in [1.54, 1.807) is 4.90 Å². The molecular formula is C35H47N5O3. The van der Waals surface area contributed by atoms with Crippen LogP contribution in [0.1, 0.15) is 80.4 Å². The van der Waals surface area contributed by atoms with Crippen molar-refractivity contribution in [3.8, 4) is 0 Å². The molecule has 5 N–H and O–H groups in total. The quantitative estimate of drug-likeness (QED) is 0.332. The summed E-state index contributed by atoms with van der Waals surface area (Å²) < 4.78 is 0. The van der Waals surface area contributed by atoms with E-state index in [4.69, 9.17) is 5.73 Å². The molecule has 3 aromatic rings. The summed E-state index contributed by atoms with van der Waals surface area (Å²) in [5.74, 6) is -0.140. The number of nitrogens with one attached hydrogen (secondary N) is 2. The van der Waals surface area contributed by atoms with Crippen molar-refractivity contribution in [1.29, 1.82) is 0 Å². The number of likely N-dealkylation sites (N-methyl/N-ethyl adjacent to an activating group) is 1. The molecule has 1 unspecified atom stereocenters. The van der Waals surface area contributed by atoms with Gasteiger partial charge < -0.3 is 26.0 Å². The first-order chi connectivity index (χ1) is 20.7. The van der Waals surface area contributed by atoms with E-state index in [-0.39, 0.29) is 41.0 Å². The van der Waals surface area contributed by atoms with Crippen LogP contribution in [-0.4, -0.2) is 77.2 Å². The molecule has 43 heavy (non-hydrogen) atoms. The number of benzene rings is 2. The highest BCUT2D eigenvalue weighted by Gasteiger charge is 2.49. The molecule has 2 heterocycles. The Morgan fingerprint density at radius 1 is 1.05 bits per heavy atom. The first-order valence-electron chi connectivity index (χ1n) is 16.0. The van der Waals surface area contributed by atoms with Gasteiger partial charge in [-0.3, -0.25) is 14.5 Å². The zero-order chi connectivity index (χ0) is 30.3. The fourth-order valence-corrected chi connectivity index (χ4v) is 8.13. The van der Waals surface area contributed by atoms with Crippen molar-refractivity contribution >= 4 is 22.7 Å². The molecule has 8 heteroatoms. The molecule has 8 nitrogen and oxygen atoms in total. The number of aromatic nitrogens is 1. The predicted molar refractivity (Wildman–Crippen MR) is 170 cm³/mol. The van der Waals surface area contributed by atoms with Gasteiger partial charge in [-0.05, 0) is 73.1 Å². The number of amides is 2. The summed E-state index contributed by atoms with van der Waals surface area (Å²) >= 11 is 0. The second kappa shape index (κ2) is 12.1. The van der Waals surface area contributed by atoms with Gasteiger partial charge in [0.15, 0.2) is 0 Å². The summed E-state index contributed by atoms with van der Waals surface area (Å²) in [6, 6.07) is 16.3. The molecule has 0 bridgehead atoms. The number of aliphatic hydroxyl groups excluding tert-OH is 1. The molecule has 1 aliphatic heterocycles. The molecular weight excluding hydrogens is 538 g/mol. The number of nitrogens with two attached hydrogens (primary N) is 1. The lowest BCUT2D eigenvalue weighted by Gasteiger charge is -2.45. The predicted octanol–water partition coefficient (Wildman–Crippen LogP) is 4.20. The summed E-state index contributed by atoms with van der Waals surface area (Å²) in [4.78, 5) is 34.0. The first kappa shape index (κ1) is 29.9. The molecule has 2 aliphatic carbocycles. The molecule has 2 fully saturated rings. The number of carbonyl (C=O) groups is 2. The van der Waals surface area contributed by atoms with Crippen LogP contribution in [0.4, 0.5) is 0 Å². The van der Waals surface area contributed by atoms with E-state index in [0.29, 0.717) is 13.1 Å². The van der Waals surface area contributed by atoms with Gasteiger partial charge in [-0.25, -0.2) is 0 Å². The molecule has 1 saturated heterocycles. The molecule has 1 saturated carbocycles. The second-order valence-electron chi connectivity index (χ2n) is 13.5. The smallest absolute Gasteiger partial charge is 0.229 e. The Bertz CT molecular complexity index is 1450. The zero-order valence-corrected chi connectivity index (χ0v) is 25.8. The van der Waals surface area contributed by atoms with E-state index in [1.807, 2.05) is 38.5 Å². The number of rotatable bonds is 7. The van der Waals surface area contributed by atoms with E-state index in [1.165, 1.54) is 5.56 Å². The Morgan fingerprint density at radius 2 is 1.72 bits per heavy atom. The normalized spacial score (nSPS) is 25.7. The first-order valence-corrected chi connectivity index (χ1v) is 16.0. The highest BCUT2D eigenvalue weighted by molar-refractivity contribution is 5.85. The number of aromatic amines is 1. The Balaban J connectivity index is 1.23. The highest BCUT2D eigenvalue weighted by atomic mass is 16.3.